The average molecular weight is 292 g/mol. The smallest absolute Gasteiger partial charge is 0.233 e. The third-order valence-corrected chi connectivity index (χ3v) is 5.00. The molecule has 0 radical (unpaired) electrons. The van der Waals surface area contributed by atoms with E-state index in [0.717, 1.165) is 42.0 Å². The summed E-state index contributed by atoms with van der Waals surface area (Å²) in [6.45, 7) is 5.10. The van der Waals surface area contributed by atoms with Crippen molar-refractivity contribution in [2.45, 2.75) is 50.5 Å². The highest BCUT2D eigenvalue weighted by molar-refractivity contribution is 8.00. The van der Waals surface area contributed by atoms with Crippen molar-refractivity contribution >= 4 is 23.4 Å². The van der Waals surface area contributed by atoms with E-state index in [0.29, 0.717) is 11.8 Å². The molecule has 3 nitrogen and oxygen atoms in total. The third-order valence-electron chi connectivity index (χ3n) is 4.02. The zero-order valence-corrected chi connectivity index (χ0v) is 13.2. The van der Waals surface area contributed by atoms with E-state index in [1.54, 1.807) is 11.8 Å². The van der Waals surface area contributed by atoms with E-state index in [4.69, 9.17) is 5.73 Å². The number of thioether (sulfide) groups is 1. The van der Waals surface area contributed by atoms with Gasteiger partial charge in [0.15, 0.2) is 0 Å². The van der Waals surface area contributed by atoms with Crippen LogP contribution in [-0.2, 0) is 4.79 Å². The number of likely N-dealkylation sites (tertiary alicyclic amines) is 1. The van der Waals surface area contributed by atoms with E-state index in [9.17, 15) is 4.79 Å². The molecule has 20 heavy (non-hydrogen) atoms. The molecule has 2 N–H and O–H groups in total. The summed E-state index contributed by atoms with van der Waals surface area (Å²) in [5, 5.41) is 0. The van der Waals surface area contributed by atoms with Gasteiger partial charge < -0.3 is 10.6 Å². The maximum atomic E-state index is 12.4. The Morgan fingerprint density at radius 1 is 1.45 bits per heavy atom. The molecule has 4 heteroatoms. The quantitative estimate of drug-likeness (QED) is 0.683. The Hall–Kier alpha value is -1.16. The second-order valence-electron chi connectivity index (χ2n) is 5.45. The molecule has 1 atom stereocenters. The molecular weight excluding hydrogens is 268 g/mol. The van der Waals surface area contributed by atoms with Crippen LogP contribution < -0.4 is 5.73 Å². The Labute approximate surface area is 125 Å². The lowest BCUT2D eigenvalue weighted by molar-refractivity contribution is -0.132. The molecule has 1 aromatic rings. The van der Waals surface area contributed by atoms with Crippen molar-refractivity contribution in [3.05, 3.63) is 23.8 Å². The van der Waals surface area contributed by atoms with Gasteiger partial charge in [-0.05, 0) is 56.4 Å². The maximum Gasteiger partial charge on any atom is 0.233 e. The molecule has 1 aliphatic rings. The van der Waals surface area contributed by atoms with E-state index in [-0.39, 0.29) is 5.91 Å². The van der Waals surface area contributed by atoms with Gasteiger partial charge in [-0.25, -0.2) is 0 Å². The minimum Gasteiger partial charge on any atom is -0.399 e. The monoisotopic (exact) mass is 292 g/mol. The first kappa shape index (κ1) is 15.2. The first-order chi connectivity index (χ1) is 9.61. The van der Waals surface area contributed by atoms with Crippen LogP contribution >= 0.6 is 11.8 Å². The number of nitrogens with zero attached hydrogens (tertiary/aromatic N) is 1. The van der Waals surface area contributed by atoms with Gasteiger partial charge >= 0.3 is 0 Å². The summed E-state index contributed by atoms with van der Waals surface area (Å²) >= 11 is 1.61. The summed E-state index contributed by atoms with van der Waals surface area (Å²) < 4.78 is 0. The SMILES string of the molecule is CCC1CCCCN1C(=O)CSc1ccc(N)c(C)c1. The number of carbonyl (C=O) groups excluding carboxylic acids is 1. The van der Waals surface area contributed by atoms with Crippen molar-refractivity contribution < 1.29 is 4.79 Å². The van der Waals surface area contributed by atoms with Crippen LogP contribution in [0.2, 0.25) is 0 Å². The van der Waals surface area contributed by atoms with Crippen LogP contribution in [0.5, 0.6) is 0 Å². The number of amides is 1. The molecule has 0 spiro atoms. The minimum absolute atomic E-state index is 0.274. The molecule has 1 saturated heterocycles. The number of carbonyl (C=O) groups is 1. The molecule has 0 bridgehead atoms. The summed E-state index contributed by atoms with van der Waals surface area (Å²) in [7, 11) is 0. The van der Waals surface area contributed by atoms with Crippen LogP contribution in [-0.4, -0.2) is 29.1 Å². The Bertz CT molecular complexity index is 476. The summed E-state index contributed by atoms with van der Waals surface area (Å²) in [4.78, 5) is 15.6. The van der Waals surface area contributed by atoms with Crippen molar-refractivity contribution in [2.75, 3.05) is 18.0 Å². The van der Waals surface area contributed by atoms with Crippen molar-refractivity contribution in [1.29, 1.82) is 0 Å². The molecule has 0 aromatic heterocycles. The zero-order valence-electron chi connectivity index (χ0n) is 12.4. The Morgan fingerprint density at radius 2 is 2.25 bits per heavy atom. The first-order valence-electron chi connectivity index (χ1n) is 7.40. The van der Waals surface area contributed by atoms with Crippen LogP contribution in [0.3, 0.4) is 0 Å². The normalized spacial score (nSPS) is 19.1. The Morgan fingerprint density at radius 3 is 2.95 bits per heavy atom. The fourth-order valence-electron chi connectivity index (χ4n) is 2.72. The number of nitrogen functional groups attached to an aromatic ring is 1. The molecule has 1 unspecified atom stereocenters. The molecule has 1 amide bonds. The van der Waals surface area contributed by atoms with Gasteiger partial charge in [-0.15, -0.1) is 11.8 Å². The Balaban J connectivity index is 1.92. The number of piperidine rings is 1. The van der Waals surface area contributed by atoms with Gasteiger partial charge in [0.25, 0.3) is 0 Å². The topological polar surface area (TPSA) is 46.3 Å². The summed E-state index contributed by atoms with van der Waals surface area (Å²) in [5.41, 5.74) is 7.70. The molecule has 0 aliphatic carbocycles. The Kier molecular flexibility index (Phi) is 5.35. The molecule has 0 saturated carbocycles. The summed E-state index contributed by atoms with van der Waals surface area (Å²) in [6.07, 6.45) is 4.63. The molecule has 1 heterocycles. The predicted molar refractivity (Wildman–Crippen MR) is 86.0 cm³/mol. The number of nitrogens with two attached hydrogens (primary N) is 1. The molecule has 1 fully saturated rings. The average Bonchev–Trinajstić information content (AvgIpc) is 2.48. The van der Waals surface area contributed by atoms with Crippen molar-refractivity contribution in [2.24, 2.45) is 0 Å². The molecule has 2 rings (SSSR count). The van der Waals surface area contributed by atoms with Gasteiger partial charge in [0, 0.05) is 23.2 Å². The lowest BCUT2D eigenvalue weighted by Crippen LogP contribution is -2.44. The van der Waals surface area contributed by atoms with E-state index >= 15 is 0 Å². The van der Waals surface area contributed by atoms with E-state index in [1.165, 1.54) is 6.42 Å². The third kappa shape index (κ3) is 3.69. The molecular formula is C16H24N2OS. The fourth-order valence-corrected chi connectivity index (χ4v) is 3.60. The van der Waals surface area contributed by atoms with E-state index in [1.807, 2.05) is 19.1 Å². The van der Waals surface area contributed by atoms with Gasteiger partial charge in [-0.1, -0.05) is 6.92 Å². The lowest BCUT2D eigenvalue weighted by atomic mass is 10.0. The van der Waals surface area contributed by atoms with Crippen LogP contribution in [0, 0.1) is 6.92 Å². The highest BCUT2D eigenvalue weighted by atomic mass is 32.2. The number of rotatable bonds is 4. The van der Waals surface area contributed by atoms with Gasteiger partial charge in [-0.2, -0.15) is 0 Å². The standard InChI is InChI=1S/C16H24N2OS/c1-3-13-6-4-5-9-18(13)16(19)11-20-14-7-8-15(17)12(2)10-14/h7-8,10,13H,3-6,9,11,17H2,1-2H3. The summed E-state index contributed by atoms with van der Waals surface area (Å²) in [6, 6.07) is 6.41. The van der Waals surface area contributed by atoms with Crippen LogP contribution in [0.1, 0.15) is 38.2 Å². The lowest BCUT2D eigenvalue weighted by Gasteiger charge is -2.35. The number of anilines is 1. The predicted octanol–water partition coefficient (Wildman–Crippen LogP) is 3.46. The number of aryl methyl sites for hydroxylation is 1. The fraction of sp³-hybridized carbons (Fsp3) is 0.562. The largest absolute Gasteiger partial charge is 0.399 e. The molecule has 1 aromatic carbocycles. The highest BCUT2D eigenvalue weighted by Crippen LogP contribution is 2.25. The molecule has 110 valence electrons. The number of benzene rings is 1. The van der Waals surface area contributed by atoms with E-state index < -0.39 is 0 Å². The van der Waals surface area contributed by atoms with Gasteiger partial charge in [0.05, 0.1) is 5.75 Å². The maximum absolute atomic E-state index is 12.4. The van der Waals surface area contributed by atoms with Crippen molar-refractivity contribution in [3.63, 3.8) is 0 Å². The van der Waals surface area contributed by atoms with Gasteiger partial charge in [0.1, 0.15) is 0 Å². The highest BCUT2D eigenvalue weighted by Gasteiger charge is 2.24. The summed E-state index contributed by atoms with van der Waals surface area (Å²) in [5.74, 6) is 0.802. The van der Waals surface area contributed by atoms with Crippen LogP contribution in [0.4, 0.5) is 5.69 Å². The van der Waals surface area contributed by atoms with Crippen molar-refractivity contribution in [3.8, 4) is 0 Å². The molecule has 1 aliphatic heterocycles. The first-order valence-corrected chi connectivity index (χ1v) is 8.38. The van der Waals surface area contributed by atoms with Crippen molar-refractivity contribution in [1.82, 2.24) is 4.90 Å². The number of hydrogen-bond acceptors (Lipinski definition) is 3. The minimum atomic E-state index is 0.274. The zero-order chi connectivity index (χ0) is 14.5. The van der Waals surface area contributed by atoms with Gasteiger partial charge in [-0.3, -0.25) is 4.79 Å². The van der Waals surface area contributed by atoms with Gasteiger partial charge in [0.2, 0.25) is 5.91 Å². The second-order valence-corrected chi connectivity index (χ2v) is 6.50. The van der Waals surface area contributed by atoms with Crippen LogP contribution in [0.15, 0.2) is 23.1 Å². The van der Waals surface area contributed by atoms with E-state index in [2.05, 4.69) is 17.9 Å². The number of hydrogen-bond donors (Lipinski definition) is 1. The van der Waals surface area contributed by atoms with Crippen LogP contribution in [0.25, 0.3) is 0 Å². The second kappa shape index (κ2) is 7.02.